The van der Waals surface area contributed by atoms with Gasteiger partial charge < -0.3 is 14.3 Å². The number of hydrogen-bond acceptors (Lipinski definition) is 4. The molecule has 1 aliphatic rings. The number of carbonyl (C=O) groups excluding carboxylic acids is 1. The Hall–Kier alpha value is -0.494. The second-order valence-corrected chi connectivity index (χ2v) is 7.41. The van der Waals surface area contributed by atoms with Gasteiger partial charge in [0.1, 0.15) is 18.0 Å². The summed E-state index contributed by atoms with van der Waals surface area (Å²) in [5, 5.41) is 0. The molecule has 0 N–H and O–H groups in total. The van der Waals surface area contributed by atoms with Gasteiger partial charge in [-0.1, -0.05) is 46.3 Å². The molecule has 0 radical (unpaired) electrons. The molecule has 0 aliphatic carbocycles. The average molecular weight is 453 g/mol. The van der Waals surface area contributed by atoms with Crippen LogP contribution in [-0.4, -0.2) is 20.9 Å². The minimum Gasteiger partial charge on any atom is -0.526 e. The fourth-order valence-corrected chi connectivity index (χ4v) is 3.74. The summed E-state index contributed by atoms with van der Waals surface area (Å²) < 4.78 is 47.9. The van der Waals surface area contributed by atoms with E-state index in [-0.39, 0.29) is 69.4 Å². The van der Waals surface area contributed by atoms with Gasteiger partial charge in [-0.05, 0) is 17.7 Å². The van der Waals surface area contributed by atoms with E-state index in [9.17, 15) is 17.6 Å². The van der Waals surface area contributed by atoms with Gasteiger partial charge in [0.25, 0.3) is 0 Å². The van der Waals surface area contributed by atoms with Crippen LogP contribution in [0.5, 0.6) is 5.75 Å². The quantitative estimate of drug-likeness (QED) is 0.618. The van der Waals surface area contributed by atoms with Gasteiger partial charge in [-0.15, -0.1) is 0 Å². The Bertz CT molecular complexity index is 896. The van der Waals surface area contributed by atoms with E-state index in [4.69, 9.17) is 4.74 Å². The second kappa shape index (κ2) is 8.46. The number of amides is 1. The first-order valence-electron chi connectivity index (χ1n) is 6.81. The smallest absolute Gasteiger partial charge is 0.526 e. The van der Waals surface area contributed by atoms with Gasteiger partial charge in [0.15, 0.2) is 16.0 Å². The predicted molar refractivity (Wildman–Crippen MR) is 89.5 cm³/mol. The molecule has 1 heterocycles. The molecule has 1 aliphatic heterocycles. The molecule has 6 nitrogen and oxygen atoms in total. The molecule has 0 unspecified atom stereocenters. The van der Waals surface area contributed by atoms with Crippen LogP contribution in [0.2, 0.25) is 0 Å². The zero-order valence-electron chi connectivity index (χ0n) is 13.1. The zero-order valence-corrected chi connectivity index (χ0v) is 18.7. The van der Waals surface area contributed by atoms with Crippen molar-refractivity contribution in [3.05, 3.63) is 63.0 Å². The van der Waals surface area contributed by atoms with E-state index in [1.165, 1.54) is 6.07 Å². The molecular formula is C15H11BrFKN2O4S. The number of carbonyl (C=O) groups is 1. The summed E-state index contributed by atoms with van der Waals surface area (Å²) in [6.07, 6.45) is 0. The molecule has 0 atom stereocenters. The summed E-state index contributed by atoms with van der Waals surface area (Å²) in [5.74, 6) is -1.69. The minimum atomic E-state index is -4.26. The van der Waals surface area contributed by atoms with Gasteiger partial charge in [-0.25, -0.2) is 12.8 Å². The largest absolute Gasteiger partial charge is 1.00 e. The molecule has 1 amide bonds. The van der Waals surface area contributed by atoms with E-state index in [0.717, 1.165) is 11.6 Å². The monoisotopic (exact) mass is 452 g/mol. The van der Waals surface area contributed by atoms with Crippen molar-refractivity contribution in [2.45, 2.75) is 6.61 Å². The standard InChI is InChI=1S/C15H12BrFN2O4S.K/c16-11-6-12(17)15(19-8-14(20)18-24(19,21)22)13(7-11)23-9-10-4-2-1-3-5-10;/h1-7H,8-9H2,(H,18,20);/q;+1/p-1. The number of halogens is 2. The SMILES string of the molecule is O=C1CN(c2c(F)cc(Br)cc2OCc2ccccc2)S(=O)(=O)[N-]1.[K+]. The molecule has 10 heteroatoms. The van der Waals surface area contributed by atoms with E-state index in [2.05, 4.69) is 20.7 Å². The Labute approximate surface area is 195 Å². The van der Waals surface area contributed by atoms with Gasteiger partial charge in [-0.2, -0.15) is 0 Å². The Balaban J connectivity index is 0.00000225. The first-order chi connectivity index (χ1) is 11.4. The number of hydrogen-bond donors (Lipinski definition) is 0. The number of benzene rings is 2. The minimum absolute atomic E-state index is 0. The van der Waals surface area contributed by atoms with Crippen molar-refractivity contribution in [1.29, 1.82) is 0 Å². The zero-order chi connectivity index (χ0) is 17.3. The third-order valence-electron chi connectivity index (χ3n) is 3.25. The van der Waals surface area contributed by atoms with Crippen LogP contribution < -0.4 is 60.4 Å². The predicted octanol–water partition coefficient (Wildman–Crippen LogP) is 0.136. The number of ether oxygens (including phenoxy) is 1. The van der Waals surface area contributed by atoms with E-state index in [0.29, 0.717) is 8.78 Å². The van der Waals surface area contributed by atoms with Gasteiger partial charge in [0.2, 0.25) is 0 Å². The van der Waals surface area contributed by atoms with Crippen molar-refractivity contribution in [2.75, 3.05) is 10.8 Å². The molecule has 0 aromatic heterocycles. The van der Waals surface area contributed by atoms with Crippen molar-refractivity contribution in [1.82, 2.24) is 0 Å². The van der Waals surface area contributed by atoms with Gasteiger partial charge in [-0.3, -0.25) is 4.31 Å². The van der Waals surface area contributed by atoms with Crippen LogP contribution in [0.15, 0.2) is 46.9 Å². The normalized spacial score (nSPS) is 15.4. The fourth-order valence-electron chi connectivity index (χ4n) is 2.24. The van der Waals surface area contributed by atoms with Crippen LogP contribution in [0.4, 0.5) is 10.1 Å². The summed E-state index contributed by atoms with van der Waals surface area (Å²) in [5.41, 5.74) is 0.498. The number of nitrogens with zero attached hydrogens (tertiary/aromatic N) is 2. The number of rotatable bonds is 4. The molecule has 1 fully saturated rings. The molecule has 2 aromatic rings. The van der Waals surface area contributed by atoms with Crippen molar-refractivity contribution in [3.8, 4) is 5.75 Å². The van der Waals surface area contributed by atoms with Gasteiger partial charge in [0.05, 0.1) is 12.5 Å². The average Bonchev–Trinajstić information content (AvgIpc) is 2.78. The first kappa shape index (κ1) is 20.8. The molecular weight excluding hydrogens is 442 g/mol. The number of anilines is 1. The molecule has 0 saturated carbocycles. The summed E-state index contributed by atoms with van der Waals surface area (Å²) in [7, 11) is -4.26. The molecule has 3 rings (SSSR count). The summed E-state index contributed by atoms with van der Waals surface area (Å²) in [6.45, 7) is -0.439. The fraction of sp³-hybridized carbons (Fsp3) is 0.133. The maximum atomic E-state index is 14.4. The van der Waals surface area contributed by atoms with Crippen LogP contribution in [0, 0.1) is 5.82 Å². The van der Waals surface area contributed by atoms with E-state index in [1.54, 1.807) is 0 Å². The van der Waals surface area contributed by atoms with Gasteiger partial charge in [0, 0.05) is 4.47 Å². The van der Waals surface area contributed by atoms with Crippen LogP contribution >= 0.6 is 15.9 Å². The Kier molecular flexibility index (Phi) is 7.05. The van der Waals surface area contributed by atoms with Crippen LogP contribution in [0.3, 0.4) is 0 Å². The Morgan fingerprint density at radius 3 is 2.52 bits per heavy atom. The van der Waals surface area contributed by atoms with Crippen LogP contribution in [-0.2, 0) is 21.6 Å². The first-order valence-corrected chi connectivity index (χ1v) is 9.00. The van der Waals surface area contributed by atoms with E-state index < -0.39 is 28.5 Å². The summed E-state index contributed by atoms with van der Waals surface area (Å²) >= 11 is 3.14. The molecule has 0 bridgehead atoms. The Morgan fingerprint density at radius 1 is 1.24 bits per heavy atom. The summed E-state index contributed by atoms with van der Waals surface area (Å²) in [6, 6.07) is 11.7. The van der Waals surface area contributed by atoms with Crippen molar-refractivity contribution >= 4 is 37.7 Å². The van der Waals surface area contributed by atoms with Crippen molar-refractivity contribution < 1.29 is 73.7 Å². The van der Waals surface area contributed by atoms with Crippen molar-refractivity contribution in [3.63, 3.8) is 0 Å². The molecule has 1 saturated heterocycles. The molecule has 126 valence electrons. The third-order valence-corrected chi connectivity index (χ3v) is 5.02. The summed E-state index contributed by atoms with van der Waals surface area (Å²) in [4.78, 5) is 11.4. The van der Waals surface area contributed by atoms with Crippen LogP contribution in [0.25, 0.3) is 4.72 Å². The van der Waals surface area contributed by atoms with E-state index in [1.807, 2.05) is 30.3 Å². The maximum absolute atomic E-state index is 14.4. The maximum Gasteiger partial charge on any atom is 1.00 e. The van der Waals surface area contributed by atoms with Crippen LogP contribution in [0.1, 0.15) is 5.56 Å². The van der Waals surface area contributed by atoms with Crippen molar-refractivity contribution in [2.24, 2.45) is 0 Å². The molecule has 0 spiro atoms. The topological polar surface area (TPSA) is 77.8 Å². The van der Waals surface area contributed by atoms with Gasteiger partial charge >= 0.3 is 51.4 Å². The second-order valence-electron chi connectivity index (χ2n) is 4.98. The van der Waals surface area contributed by atoms with E-state index >= 15 is 0 Å². The Morgan fingerprint density at radius 2 is 1.92 bits per heavy atom. The third kappa shape index (κ3) is 4.82. The molecule has 2 aromatic carbocycles. The molecule has 25 heavy (non-hydrogen) atoms.